The van der Waals surface area contributed by atoms with Crippen LogP contribution in [0.25, 0.3) is 22.4 Å². The molecule has 0 amide bonds. The predicted molar refractivity (Wildman–Crippen MR) is 108 cm³/mol. The van der Waals surface area contributed by atoms with Crippen LogP contribution in [0.15, 0.2) is 24.7 Å². The minimum Gasteiger partial charge on any atom is -0.394 e. The number of likely N-dealkylation sites (tertiary alicyclic amines) is 1. The molecule has 1 aliphatic heterocycles. The van der Waals surface area contributed by atoms with Gasteiger partial charge in [0.05, 0.1) is 23.9 Å². The van der Waals surface area contributed by atoms with Crippen LogP contribution in [0.2, 0.25) is 5.02 Å². The van der Waals surface area contributed by atoms with Crippen molar-refractivity contribution in [2.75, 3.05) is 31.6 Å². The fourth-order valence-corrected chi connectivity index (χ4v) is 3.81. The van der Waals surface area contributed by atoms with Gasteiger partial charge in [0, 0.05) is 42.5 Å². The molecule has 1 fully saturated rings. The molecular weight excluding hydrogens is 399 g/mol. The number of hydrogen-bond donors (Lipinski definition) is 4. The average Bonchev–Trinajstić information content (AvgIpc) is 3.13. The lowest BCUT2D eigenvalue weighted by Gasteiger charge is -2.34. The number of H-pyrrole nitrogens is 1. The third kappa shape index (κ3) is 4.48. The number of aromatic nitrogens is 4. The second-order valence-electron chi connectivity index (χ2n) is 7.22. The Hall–Kier alpha value is -2.33. The van der Waals surface area contributed by atoms with Crippen LogP contribution in [-0.2, 0) is 0 Å². The summed E-state index contributed by atoms with van der Waals surface area (Å²) < 4.78 is 14.4. The molecule has 0 aromatic carbocycles. The maximum atomic E-state index is 14.4. The van der Waals surface area contributed by atoms with Crippen molar-refractivity contribution in [2.24, 2.45) is 0 Å². The van der Waals surface area contributed by atoms with E-state index in [1.807, 2.05) is 0 Å². The zero-order valence-corrected chi connectivity index (χ0v) is 16.4. The van der Waals surface area contributed by atoms with Crippen molar-refractivity contribution in [3.8, 4) is 11.4 Å². The quantitative estimate of drug-likeness (QED) is 0.483. The van der Waals surface area contributed by atoms with E-state index in [9.17, 15) is 9.50 Å². The predicted octanol–water partition coefficient (Wildman–Crippen LogP) is 2.04. The highest BCUT2D eigenvalue weighted by Gasteiger charge is 2.23. The number of piperidine rings is 1. The lowest BCUT2D eigenvalue weighted by Crippen LogP contribution is -2.45. The smallest absolute Gasteiger partial charge is 0.183 e. The highest BCUT2D eigenvalue weighted by atomic mass is 35.5. The summed E-state index contributed by atoms with van der Waals surface area (Å²) in [5.41, 5.74) is 1.34. The number of rotatable bonds is 6. The summed E-state index contributed by atoms with van der Waals surface area (Å²) in [6.45, 7) is 1.57. The molecule has 8 nitrogen and oxygen atoms in total. The summed E-state index contributed by atoms with van der Waals surface area (Å²) in [4.78, 5) is 17.8. The van der Waals surface area contributed by atoms with Gasteiger partial charge in [-0.1, -0.05) is 11.6 Å². The normalized spacial score (nSPS) is 18.8. The molecule has 2 atom stereocenters. The monoisotopic (exact) mass is 420 g/mol. The number of halogens is 2. The molecule has 1 aliphatic rings. The molecule has 0 unspecified atom stereocenters. The summed E-state index contributed by atoms with van der Waals surface area (Å²) in [6.07, 6.45) is 5.41. The summed E-state index contributed by atoms with van der Waals surface area (Å²) in [6, 6.07) is 1.74. The molecule has 0 spiro atoms. The summed E-state index contributed by atoms with van der Waals surface area (Å²) in [5.74, 6) is -0.0289. The highest BCUT2D eigenvalue weighted by Crippen LogP contribution is 2.28. The molecule has 0 bridgehead atoms. The molecule has 3 aromatic heterocycles. The van der Waals surface area contributed by atoms with Gasteiger partial charge in [-0.3, -0.25) is 4.90 Å². The first-order chi connectivity index (χ1) is 14.0. The van der Waals surface area contributed by atoms with Crippen LogP contribution in [-0.4, -0.2) is 73.4 Å². The number of aliphatic hydroxyl groups excluding tert-OH is 2. The number of anilines is 1. The third-order valence-electron chi connectivity index (χ3n) is 5.01. The Kier molecular flexibility index (Phi) is 5.91. The Labute approximate surface area is 171 Å². The number of β-amino-alcohol motifs (C(OH)–C–C–N with tert-alkyl or cyclic N) is 1. The van der Waals surface area contributed by atoms with Gasteiger partial charge in [-0.25, -0.2) is 19.3 Å². The van der Waals surface area contributed by atoms with Gasteiger partial charge in [-0.05, 0) is 25.5 Å². The molecule has 10 heteroatoms. The Morgan fingerprint density at radius 1 is 1.38 bits per heavy atom. The first kappa shape index (κ1) is 20.0. The average molecular weight is 421 g/mol. The number of aliphatic hydroxyl groups is 2. The molecule has 4 rings (SSSR count). The van der Waals surface area contributed by atoms with E-state index in [0.717, 1.165) is 31.0 Å². The van der Waals surface area contributed by atoms with Gasteiger partial charge in [-0.2, -0.15) is 0 Å². The Balaban J connectivity index is 1.55. The van der Waals surface area contributed by atoms with Crippen molar-refractivity contribution in [1.29, 1.82) is 0 Å². The van der Waals surface area contributed by atoms with Crippen molar-refractivity contribution in [2.45, 2.75) is 25.0 Å². The van der Waals surface area contributed by atoms with Crippen molar-refractivity contribution in [1.82, 2.24) is 24.8 Å². The number of pyridine rings is 1. The summed E-state index contributed by atoms with van der Waals surface area (Å²) in [5, 5.41) is 23.1. The van der Waals surface area contributed by atoms with Crippen molar-refractivity contribution >= 4 is 28.5 Å². The number of aromatic amines is 1. The lowest BCUT2D eigenvalue weighted by molar-refractivity contribution is 0.0517. The maximum absolute atomic E-state index is 14.4. The van der Waals surface area contributed by atoms with Crippen LogP contribution in [0.5, 0.6) is 0 Å². The Morgan fingerprint density at radius 2 is 2.24 bits per heavy atom. The van der Waals surface area contributed by atoms with Gasteiger partial charge < -0.3 is 20.5 Å². The maximum Gasteiger partial charge on any atom is 0.183 e. The standard InChI is InChI=1S/C19H22ClFN6O2/c20-11-4-14-15(6-23-17(14)22-5-11)18-24-7-16(21)19(26-18)25-12-2-1-3-27(8-12)9-13(29)10-28/h4-7,12-13,28-29H,1-3,8-10H2,(H,22,23)(H,24,25,26)/t12-,13+/m0/s1. The first-order valence-electron chi connectivity index (χ1n) is 9.47. The fraction of sp³-hybridized carbons (Fsp3) is 0.421. The molecule has 29 heavy (non-hydrogen) atoms. The van der Waals surface area contributed by atoms with Crippen LogP contribution >= 0.6 is 11.6 Å². The number of nitrogens with one attached hydrogen (secondary N) is 2. The van der Waals surface area contributed by atoms with E-state index in [1.165, 1.54) is 0 Å². The Morgan fingerprint density at radius 3 is 3.07 bits per heavy atom. The molecule has 154 valence electrons. The topological polar surface area (TPSA) is 110 Å². The van der Waals surface area contributed by atoms with Crippen molar-refractivity contribution in [3.63, 3.8) is 0 Å². The van der Waals surface area contributed by atoms with Gasteiger partial charge in [0.2, 0.25) is 0 Å². The molecule has 0 aliphatic carbocycles. The molecule has 0 radical (unpaired) electrons. The Bertz CT molecular complexity index is 1000. The van der Waals surface area contributed by atoms with Gasteiger partial charge >= 0.3 is 0 Å². The van der Waals surface area contributed by atoms with Crippen LogP contribution in [0.4, 0.5) is 10.2 Å². The van der Waals surface area contributed by atoms with E-state index in [0.29, 0.717) is 35.1 Å². The minimum absolute atomic E-state index is 0.0222. The molecule has 4 N–H and O–H groups in total. The van der Waals surface area contributed by atoms with Gasteiger partial charge in [0.25, 0.3) is 0 Å². The van der Waals surface area contributed by atoms with Gasteiger partial charge in [0.1, 0.15) is 5.65 Å². The lowest BCUT2D eigenvalue weighted by atomic mass is 10.1. The molecule has 4 heterocycles. The largest absolute Gasteiger partial charge is 0.394 e. The zero-order valence-electron chi connectivity index (χ0n) is 15.6. The second-order valence-corrected chi connectivity index (χ2v) is 7.66. The number of fused-ring (bicyclic) bond motifs is 1. The SMILES string of the molecule is OC[C@H](O)CN1CCC[C@H](Nc2nc(-c3c[nH]c4ncc(Cl)cc34)ncc2F)C1. The van der Waals surface area contributed by atoms with Crippen LogP contribution < -0.4 is 5.32 Å². The van der Waals surface area contributed by atoms with Crippen molar-refractivity contribution in [3.05, 3.63) is 35.5 Å². The third-order valence-corrected chi connectivity index (χ3v) is 5.22. The highest BCUT2D eigenvalue weighted by molar-refractivity contribution is 6.31. The summed E-state index contributed by atoms with van der Waals surface area (Å²) >= 11 is 6.05. The van der Waals surface area contributed by atoms with Gasteiger partial charge in [-0.15, -0.1) is 0 Å². The summed E-state index contributed by atoms with van der Waals surface area (Å²) in [7, 11) is 0. The zero-order chi connectivity index (χ0) is 20.4. The van der Waals surface area contributed by atoms with Crippen LogP contribution in [0.1, 0.15) is 12.8 Å². The van der Waals surface area contributed by atoms with Crippen LogP contribution in [0.3, 0.4) is 0 Å². The number of nitrogens with zero attached hydrogens (tertiary/aromatic N) is 4. The molecule has 0 saturated carbocycles. The number of hydrogen-bond acceptors (Lipinski definition) is 7. The van der Waals surface area contributed by atoms with Gasteiger partial charge in [0.15, 0.2) is 17.5 Å². The van der Waals surface area contributed by atoms with Crippen molar-refractivity contribution < 1.29 is 14.6 Å². The van der Waals surface area contributed by atoms with Crippen LogP contribution in [0, 0.1) is 5.82 Å². The fourth-order valence-electron chi connectivity index (χ4n) is 3.65. The van der Waals surface area contributed by atoms with E-state index < -0.39 is 11.9 Å². The first-order valence-corrected chi connectivity index (χ1v) is 9.84. The second kappa shape index (κ2) is 8.58. The van der Waals surface area contributed by atoms with E-state index in [4.69, 9.17) is 16.7 Å². The van der Waals surface area contributed by atoms with E-state index >= 15 is 0 Å². The molecule has 3 aromatic rings. The minimum atomic E-state index is -0.779. The molecular formula is C19H22ClFN6O2. The van der Waals surface area contributed by atoms with E-state index in [2.05, 4.69) is 30.2 Å². The van der Waals surface area contributed by atoms with E-state index in [1.54, 1.807) is 18.5 Å². The molecule has 1 saturated heterocycles. The van der Waals surface area contributed by atoms with E-state index in [-0.39, 0.29) is 18.5 Å².